The Morgan fingerprint density at radius 2 is 2.24 bits per heavy atom. The van der Waals surface area contributed by atoms with Crippen LogP contribution in [0.25, 0.3) is 11.0 Å². The predicted octanol–water partition coefficient (Wildman–Crippen LogP) is 4.15. The average Bonchev–Trinajstić information content (AvgIpc) is 3.04. The first-order valence-electron chi connectivity index (χ1n) is 9.22. The molecule has 6 heteroatoms. The highest BCUT2D eigenvalue weighted by atomic mass is 15.2. The second-order valence-corrected chi connectivity index (χ2v) is 6.76. The van der Waals surface area contributed by atoms with Crippen molar-refractivity contribution in [3.63, 3.8) is 0 Å². The Labute approximate surface area is 148 Å². The van der Waals surface area contributed by atoms with Gasteiger partial charge in [0.1, 0.15) is 5.52 Å². The van der Waals surface area contributed by atoms with Crippen LogP contribution in [-0.2, 0) is 0 Å². The van der Waals surface area contributed by atoms with Gasteiger partial charge in [0.25, 0.3) is 0 Å². The first-order chi connectivity index (χ1) is 12.3. The van der Waals surface area contributed by atoms with Crippen LogP contribution in [-0.4, -0.2) is 22.0 Å². The monoisotopic (exact) mass is 338 g/mol. The number of aromatic amines is 1. The van der Waals surface area contributed by atoms with Crippen molar-refractivity contribution < 1.29 is 0 Å². The molecule has 2 aromatic heterocycles. The summed E-state index contributed by atoms with van der Waals surface area (Å²) in [6, 6.07) is 4.14. The standard InChI is InChI=1S/C19H26N6/c1-2-3-5-14-7-9-15(10-8-14)24-19(23-13-20)25-17-12-22-16-6-4-11-21-18(16)17/h4,6,11-12,14-15,22H,2-3,5,7-10H2,1H3,(H2,23,24,25). The fourth-order valence-corrected chi connectivity index (χ4v) is 3.56. The SMILES string of the molecule is CCCCC1CCC(N=C(NC#N)Nc2c[nH]c3cccnc23)CC1. The van der Waals surface area contributed by atoms with Crippen molar-refractivity contribution >= 4 is 22.7 Å². The molecule has 0 amide bonds. The minimum Gasteiger partial charge on any atom is -0.358 e. The van der Waals surface area contributed by atoms with Gasteiger partial charge in [-0.1, -0.05) is 26.2 Å². The molecule has 3 N–H and O–H groups in total. The van der Waals surface area contributed by atoms with Gasteiger partial charge in [-0.05, 0) is 43.7 Å². The van der Waals surface area contributed by atoms with E-state index in [4.69, 9.17) is 10.3 Å². The third kappa shape index (κ3) is 4.50. The number of nitrogens with zero attached hydrogens (tertiary/aromatic N) is 3. The van der Waals surface area contributed by atoms with E-state index in [1.165, 1.54) is 32.1 Å². The number of aromatic nitrogens is 2. The fourth-order valence-electron chi connectivity index (χ4n) is 3.56. The van der Waals surface area contributed by atoms with Crippen LogP contribution in [0.2, 0.25) is 0 Å². The number of hydrogen-bond acceptors (Lipinski definition) is 3. The van der Waals surface area contributed by atoms with Crippen LogP contribution in [0, 0.1) is 17.4 Å². The van der Waals surface area contributed by atoms with Crippen LogP contribution in [0.3, 0.4) is 0 Å². The number of anilines is 1. The van der Waals surface area contributed by atoms with Crippen molar-refractivity contribution in [3.8, 4) is 6.19 Å². The van der Waals surface area contributed by atoms with Gasteiger partial charge in [-0.15, -0.1) is 0 Å². The molecule has 3 rings (SSSR count). The van der Waals surface area contributed by atoms with Gasteiger partial charge in [0, 0.05) is 12.4 Å². The maximum Gasteiger partial charge on any atom is 0.209 e. The lowest BCUT2D eigenvalue weighted by Gasteiger charge is -2.26. The summed E-state index contributed by atoms with van der Waals surface area (Å²) in [7, 11) is 0. The van der Waals surface area contributed by atoms with Gasteiger partial charge >= 0.3 is 0 Å². The molecular formula is C19H26N6. The number of H-pyrrole nitrogens is 1. The van der Waals surface area contributed by atoms with Gasteiger partial charge in [0.05, 0.1) is 17.2 Å². The molecule has 0 spiro atoms. The predicted molar refractivity (Wildman–Crippen MR) is 101 cm³/mol. The number of nitrogens with one attached hydrogen (secondary N) is 3. The van der Waals surface area contributed by atoms with Crippen molar-refractivity contribution in [2.45, 2.75) is 57.9 Å². The Balaban J connectivity index is 1.65. The van der Waals surface area contributed by atoms with E-state index < -0.39 is 0 Å². The molecule has 1 saturated carbocycles. The van der Waals surface area contributed by atoms with Crippen molar-refractivity contribution in [1.82, 2.24) is 15.3 Å². The number of aliphatic imine (C=N–C) groups is 1. The zero-order valence-corrected chi connectivity index (χ0v) is 14.8. The number of nitriles is 1. The number of hydrogen-bond donors (Lipinski definition) is 3. The first-order valence-corrected chi connectivity index (χ1v) is 9.22. The number of rotatable bonds is 5. The maximum absolute atomic E-state index is 9.04. The van der Waals surface area contributed by atoms with E-state index >= 15 is 0 Å². The van der Waals surface area contributed by atoms with Crippen LogP contribution < -0.4 is 10.6 Å². The van der Waals surface area contributed by atoms with Gasteiger partial charge in [-0.3, -0.25) is 10.3 Å². The molecule has 1 aliphatic carbocycles. The number of pyridine rings is 1. The van der Waals surface area contributed by atoms with Crippen LogP contribution in [0.1, 0.15) is 51.9 Å². The first kappa shape index (κ1) is 17.3. The third-order valence-corrected chi connectivity index (χ3v) is 4.96. The summed E-state index contributed by atoms with van der Waals surface area (Å²) < 4.78 is 0. The van der Waals surface area contributed by atoms with Crippen molar-refractivity contribution in [1.29, 1.82) is 5.26 Å². The van der Waals surface area contributed by atoms with Crippen LogP contribution in [0.5, 0.6) is 0 Å². The molecular weight excluding hydrogens is 312 g/mol. The quantitative estimate of drug-likeness (QED) is 0.331. The number of fused-ring (bicyclic) bond motifs is 1. The number of unbranched alkanes of at least 4 members (excludes halogenated alkanes) is 1. The summed E-state index contributed by atoms with van der Waals surface area (Å²) >= 11 is 0. The lowest BCUT2D eigenvalue weighted by molar-refractivity contribution is 0.305. The molecule has 0 saturated heterocycles. The van der Waals surface area contributed by atoms with Crippen LogP contribution >= 0.6 is 0 Å². The van der Waals surface area contributed by atoms with Gasteiger partial charge in [-0.2, -0.15) is 5.26 Å². The highest BCUT2D eigenvalue weighted by molar-refractivity contribution is 6.01. The largest absolute Gasteiger partial charge is 0.358 e. The summed E-state index contributed by atoms with van der Waals surface area (Å²) in [4.78, 5) is 12.3. The summed E-state index contributed by atoms with van der Waals surface area (Å²) in [6.07, 6.45) is 14.2. The summed E-state index contributed by atoms with van der Waals surface area (Å²) in [5, 5.41) is 14.9. The smallest absolute Gasteiger partial charge is 0.209 e. The molecule has 2 heterocycles. The Hall–Kier alpha value is -2.55. The zero-order valence-electron chi connectivity index (χ0n) is 14.8. The lowest BCUT2D eigenvalue weighted by atomic mass is 9.83. The van der Waals surface area contributed by atoms with E-state index in [0.717, 1.165) is 35.5 Å². The van der Waals surface area contributed by atoms with E-state index in [0.29, 0.717) is 5.96 Å². The maximum atomic E-state index is 9.04. The topological polar surface area (TPSA) is 88.9 Å². The minimum atomic E-state index is 0.277. The molecule has 2 aromatic rings. The van der Waals surface area contributed by atoms with Crippen LogP contribution in [0.4, 0.5) is 5.69 Å². The Morgan fingerprint density at radius 3 is 3.00 bits per heavy atom. The molecule has 132 valence electrons. The van der Waals surface area contributed by atoms with E-state index in [2.05, 4.69) is 27.5 Å². The molecule has 1 fully saturated rings. The highest BCUT2D eigenvalue weighted by Gasteiger charge is 2.21. The van der Waals surface area contributed by atoms with Gasteiger partial charge < -0.3 is 10.3 Å². The van der Waals surface area contributed by atoms with Gasteiger partial charge in [0.15, 0.2) is 6.19 Å². The third-order valence-electron chi connectivity index (χ3n) is 4.96. The second-order valence-electron chi connectivity index (χ2n) is 6.76. The lowest BCUT2D eigenvalue weighted by Crippen LogP contribution is -2.30. The molecule has 0 aromatic carbocycles. The average molecular weight is 338 g/mol. The van der Waals surface area contributed by atoms with E-state index in [9.17, 15) is 0 Å². The molecule has 0 radical (unpaired) electrons. The molecule has 0 bridgehead atoms. The Morgan fingerprint density at radius 1 is 1.40 bits per heavy atom. The number of guanidine groups is 1. The molecule has 0 aliphatic heterocycles. The Kier molecular flexibility index (Phi) is 5.89. The second kappa shape index (κ2) is 8.52. The molecule has 25 heavy (non-hydrogen) atoms. The van der Waals surface area contributed by atoms with Crippen LogP contribution in [0.15, 0.2) is 29.5 Å². The zero-order chi connectivity index (χ0) is 17.5. The van der Waals surface area contributed by atoms with Gasteiger partial charge in [0.2, 0.25) is 5.96 Å². The summed E-state index contributed by atoms with van der Waals surface area (Å²) in [6.45, 7) is 2.25. The summed E-state index contributed by atoms with van der Waals surface area (Å²) in [5.74, 6) is 1.36. The molecule has 0 unspecified atom stereocenters. The van der Waals surface area contributed by atoms with E-state index in [1.54, 1.807) is 6.20 Å². The molecule has 1 aliphatic rings. The van der Waals surface area contributed by atoms with Crippen molar-refractivity contribution in [3.05, 3.63) is 24.5 Å². The summed E-state index contributed by atoms with van der Waals surface area (Å²) in [5.41, 5.74) is 2.63. The van der Waals surface area contributed by atoms with Crippen molar-refractivity contribution in [2.75, 3.05) is 5.32 Å². The Bertz CT molecular complexity index is 749. The fraction of sp³-hybridized carbons (Fsp3) is 0.526. The van der Waals surface area contributed by atoms with Gasteiger partial charge in [-0.25, -0.2) is 4.99 Å². The van der Waals surface area contributed by atoms with Crippen molar-refractivity contribution in [2.24, 2.45) is 10.9 Å². The molecule has 6 nitrogen and oxygen atoms in total. The highest BCUT2D eigenvalue weighted by Crippen LogP contribution is 2.30. The normalized spacial score (nSPS) is 21.0. The molecule has 0 atom stereocenters. The minimum absolute atomic E-state index is 0.277. The van der Waals surface area contributed by atoms with E-state index in [1.807, 2.05) is 24.5 Å². The van der Waals surface area contributed by atoms with E-state index in [-0.39, 0.29) is 6.04 Å².